The quantitative estimate of drug-likeness (QED) is 0.772. The highest BCUT2D eigenvalue weighted by atomic mass is 32.2. The van der Waals surface area contributed by atoms with Gasteiger partial charge in [0.15, 0.2) is 9.84 Å². The van der Waals surface area contributed by atoms with Crippen LogP contribution in [0.1, 0.15) is 29.4 Å². The van der Waals surface area contributed by atoms with Crippen LogP contribution in [0.2, 0.25) is 0 Å². The first kappa shape index (κ1) is 19.1. The zero-order valence-electron chi connectivity index (χ0n) is 16.1. The van der Waals surface area contributed by atoms with Gasteiger partial charge < -0.3 is 4.90 Å². The van der Waals surface area contributed by atoms with Gasteiger partial charge in [0.25, 0.3) is 5.91 Å². The number of aromatic nitrogens is 2. The lowest BCUT2D eigenvalue weighted by molar-refractivity contribution is 0.0587. The van der Waals surface area contributed by atoms with E-state index in [9.17, 15) is 13.2 Å². The Bertz CT molecular complexity index is 947. The summed E-state index contributed by atoms with van der Waals surface area (Å²) in [5, 5.41) is 4.46. The maximum atomic E-state index is 13.1. The summed E-state index contributed by atoms with van der Waals surface area (Å²) in [5.41, 5.74) is 2.52. The van der Waals surface area contributed by atoms with Crippen molar-refractivity contribution in [2.75, 3.05) is 37.7 Å². The second kappa shape index (κ2) is 7.67. The van der Waals surface area contributed by atoms with Crippen molar-refractivity contribution in [3.05, 3.63) is 47.8 Å². The maximum absolute atomic E-state index is 13.1. The lowest BCUT2D eigenvalue weighted by Crippen LogP contribution is -2.52. The van der Waals surface area contributed by atoms with Crippen molar-refractivity contribution >= 4 is 15.7 Å². The van der Waals surface area contributed by atoms with E-state index >= 15 is 0 Å². The lowest BCUT2D eigenvalue weighted by atomic mass is 10.1. The molecule has 1 amide bonds. The van der Waals surface area contributed by atoms with Crippen molar-refractivity contribution in [2.24, 2.45) is 0 Å². The van der Waals surface area contributed by atoms with Gasteiger partial charge in [-0.05, 0) is 25.0 Å². The van der Waals surface area contributed by atoms with E-state index in [-0.39, 0.29) is 23.5 Å². The van der Waals surface area contributed by atoms with Crippen LogP contribution in [0.15, 0.2) is 36.5 Å². The third kappa shape index (κ3) is 3.71. The second-order valence-corrected chi connectivity index (χ2v) is 9.72. The zero-order chi connectivity index (χ0) is 19.7. The van der Waals surface area contributed by atoms with Crippen molar-refractivity contribution in [2.45, 2.75) is 25.8 Å². The standard InChI is InChI=1S/C20H26N4O3S/c1-2-19-18(14-21-24(19)16-6-4-3-5-7-16)20(25)23-11-9-22(10-12-23)17-8-13-28(26,27)15-17/h3-7,14,17H,2,8-13,15H2,1H3/t17-/m0/s1. The highest BCUT2D eigenvalue weighted by Crippen LogP contribution is 2.21. The van der Waals surface area contributed by atoms with Gasteiger partial charge in [-0.2, -0.15) is 5.10 Å². The Morgan fingerprint density at radius 1 is 1.14 bits per heavy atom. The van der Waals surface area contributed by atoms with Gasteiger partial charge in [0, 0.05) is 32.2 Å². The summed E-state index contributed by atoms with van der Waals surface area (Å²) >= 11 is 0. The minimum atomic E-state index is -2.88. The molecule has 2 aliphatic heterocycles. The van der Waals surface area contributed by atoms with Gasteiger partial charge in [-0.15, -0.1) is 0 Å². The minimum absolute atomic E-state index is 0.0118. The van der Waals surface area contributed by atoms with E-state index in [0.717, 1.165) is 30.9 Å². The Labute approximate surface area is 165 Å². The summed E-state index contributed by atoms with van der Waals surface area (Å²) in [5.74, 6) is 0.554. The third-order valence-corrected chi connectivity index (χ3v) is 7.51. The van der Waals surface area contributed by atoms with Gasteiger partial charge in [0.1, 0.15) is 0 Å². The molecule has 0 radical (unpaired) electrons. The first-order chi connectivity index (χ1) is 13.5. The van der Waals surface area contributed by atoms with Gasteiger partial charge in [0.05, 0.1) is 34.6 Å². The molecule has 0 N–H and O–H groups in total. The van der Waals surface area contributed by atoms with E-state index in [2.05, 4.69) is 10.00 Å². The summed E-state index contributed by atoms with van der Waals surface area (Å²) in [6.45, 7) is 4.72. The minimum Gasteiger partial charge on any atom is -0.336 e. The predicted octanol–water partition coefficient (Wildman–Crippen LogP) is 1.38. The number of nitrogens with zero attached hydrogens (tertiary/aromatic N) is 4. The summed E-state index contributed by atoms with van der Waals surface area (Å²) in [6, 6.07) is 9.94. The number of hydrogen-bond donors (Lipinski definition) is 0. The molecule has 8 heteroatoms. The highest BCUT2D eigenvalue weighted by Gasteiger charge is 2.35. The zero-order valence-corrected chi connectivity index (χ0v) is 16.9. The average molecular weight is 403 g/mol. The van der Waals surface area contributed by atoms with Crippen LogP contribution < -0.4 is 0 Å². The van der Waals surface area contributed by atoms with E-state index in [1.165, 1.54) is 0 Å². The van der Waals surface area contributed by atoms with Gasteiger partial charge in [-0.1, -0.05) is 25.1 Å². The van der Waals surface area contributed by atoms with E-state index < -0.39 is 9.84 Å². The van der Waals surface area contributed by atoms with Crippen LogP contribution >= 0.6 is 0 Å². The molecule has 2 fully saturated rings. The normalized spacial score (nSPS) is 22.5. The van der Waals surface area contributed by atoms with Crippen LogP contribution in [0, 0.1) is 0 Å². The number of para-hydroxylation sites is 1. The first-order valence-electron chi connectivity index (χ1n) is 9.84. The molecular formula is C20H26N4O3S. The number of carbonyl (C=O) groups excluding carboxylic acids is 1. The Morgan fingerprint density at radius 2 is 1.86 bits per heavy atom. The van der Waals surface area contributed by atoms with Gasteiger partial charge >= 0.3 is 0 Å². The molecule has 150 valence electrons. The first-order valence-corrected chi connectivity index (χ1v) is 11.7. The van der Waals surface area contributed by atoms with Crippen molar-refractivity contribution in [1.82, 2.24) is 19.6 Å². The summed E-state index contributed by atoms with van der Waals surface area (Å²) in [4.78, 5) is 17.2. The SMILES string of the molecule is CCc1c(C(=O)N2CCN([C@H]3CCS(=O)(=O)C3)CC2)cnn1-c1ccccc1. The van der Waals surface area contributed by atoms with Gasteiger partial charge in [-0.25, -0.2) is 13.1 Å². The van der Waals surface area contributed by atoms with Gasteiger partial charge in [-0.3, -0.25) is 9.69 Å². The fraction of sp³-hybridized carbons (Fsp3) is 0.500. The van der Waals surface area contributed by atoms with Crippen LogP contribution in [0.3, 0.4) is 0 Å². The molecule has 4 rings (SSSR count). The molecule has 1 aromatic carbocycles. The van der Waals surface area contributed by atoms with Crippen LogP contribution in [0.5, 0.6) is 0 Å². The highest BCUT2D eigenvalue weighted by molar-refractivity contribution is 7.91. The van der Waals surface area contributed by atoms with Crippen LogP contribution in [0.4, 0.5) is 0 Å². The number of benzene rings is 1. The number of sulfone groups is 1. The van der Waals surface area contributed by atoms with Gasteiger partial charge in [0.2, 0.25) is 0 Å². The largest absolute Gasteiger partial charge is 0.336 e. The molecular weight excluding hydrogens is 376 g/mol. The summed E-state index contributed by atoms with van der Waals surface area (Å²) in [6.07, 6.45) is 3.10. The fourth-order valence-corrected chi connectivity index (χ4v) is 5.97. The topological polar surface area (TPSA) is 75.5 Å². The summed E-state index contributed by atoms with van der Waals surface area (Å²) < 4.78 is 25.3. The van der Waals surface area contributed by atoms with E-state index in [1.807, 2.05) is 46.8 Å². The molecule has 2 aromatic rings. The molecule has 2 aliphatic rings. The molecule has 1 aromatic heterocycles. The maximum Gasteiger partial charge on any atom is 0.257 e. The third-order valence-electron chi connectivity index (χ3n) is 5.76. The molecule has 0 spiro atoms. The van der Waals surface area contributed by atoms with E-state index in [4.69, 9.17) is 0 Å². The number of carbonyl (C=O) groups is 1. The smallest absolute Gasteiger partial charge is 0.257 e. The molecule has 28 heavy (non-hydrogen) atoms. The molecule has 0 aliphatic carbocycles. The van der Waals surface area contributed by atoms with Crippen molar-refractivity contribution in [3.63, 3.8) is 0 Å². The molecule has 0 unspecified atom stereocenters. The van der Waals surface area contributed by atoms with Crippen molar-refractivity contribution in [1.29, 1.82) is 0 Å². The van der Waals surface area contributed by atoms with Crippen molar-refractivity contribution < 1.29 is 13.2 Å². The Morgan fingerprint density at radius 3 is 2.46 bits per heavy atom. The lowest BCUT2D eigenvalue weighted by Gasteiger charge is -2.37. The molecule has 3 heterocycles. The summed E-state index contributed by atoms with van der Waals surface area (Å²) in [7, 11) is -2.88. The number of amides is 1. The molecule has 0 saturated carbocycles. The number of piperazine rings is 1. The molecule has 7 nitrogen and oxygen atoms in total. The van der Waals surface area contributed by atoms with E-state index in [1.54, 1.807) is 6.20 Å². The number of rotatable bonds is 4. The molecule has 0 bridgehead atoms. The van der Waals surface area contributed by atoms with Crippen LogP contribution in [0.25, 0.3) is 5.69 Å². The van der Waals surface area contributed by atoms with E-state index in [0.29, 0.717) is 25.1 Å². The fourth-order valence-electron chi connectivity index (χ4n) is 4.21. The Kier molecular flexibility index (Phi) is 5.25. The van der Waals surface area contributed by atoms with Crippen LogP contribution in [-0.2, 0) is 16.3 Å². The Hall–Kier alpha value is -2.19. The molecule has 1 atom stereocenters. The predicted molar refractivity (Wildman–Crippen MR) is 107 cm³/mol. The molecule has 2 saturated heterocycles. The number of hydrogen-bond acceptors (Lipinski definition) is 5. The van der Waals surface area contributed by atoms with Crippen molar-refractivity contribution in [3.8, 4) is 5.69 Å². The second-order valence-electron chi connectivity index (χ2n) is 7.49. The van der Waals surface area contributed by atoms with Crippen LogP contribution in [-0.4, -0.2) is 77.6 Å². The average Bonchev–Trinajstić information content (AvgIpc) is 3.31. The monoisotopic (exact) mass is 402 g/mol. The Balaban J connectivity index is 1.45.